The van der Waals surface area contributed by atoms with Crippen molar-refractivity contribution in [2.75, 3.05) is 26.2 Å². The van der Waals surface area contributed by atoms with E-state index in [1.165, 1.54) is 4.90 Å². The zero-order chi connectivity index (χ0) is 16.7. The summed E-state index contributed by atoms with van der Waals surface area (Å²) in [6.45, 7) is 1.71. The number of nitrogens with one attached hydrogen (secondary N) is 1. The quantitative estimate of drug-likeness (QED) is 0.576. The maximum absolute atomic E-state index is 12.1. The Morgan fingerprint density at radius 3 is 2.35 bits per heavy atom. The molecule has 1 aliphatic heterocycles. The van der Waals surface area contributed by atoms with Crippen LogP contribution in [0.5, 0.6) is 0 Å². The minimum Gasteiger partial charge on any atom is -0.465 e. The van der Waals surface area contributed by atoms with Crippen molar-refractivity contribution in [1.29, 1.82) is 0 Å². The number of hydrogen-bond donors (Lipinski definition) is 2. The van der Waals surface area contributed by atoms with Crippen LogP contribution in [0.25, 0.3) is 0 Å². The Kier molecular flexibility index (Phi) is 6.10. The molecule has 1 aliphatic rings. The Labute approximate surface area is 134 Å². The molecule has 7 heteroatoms. The molecule has 2 rings (SSSR count). The van der Waals surface area contributed by atoms with Crippen molar-refractivity contribution in [2.24, 2.45) is 0 Å². The Morgan fingerprint density at radius 2 is 1.74 bits per heavy atom. The van der Waals surface area contributed by atoms with Gasteiger partial charge in [0.15, 0.2) is 0 Å². The molecule has 3 amide bonds. The normalized spacial score (nSPS) is 15.7. The topological polar surface area (TPSA) is 89.9 Å². The van der Waals surface area contributed by atoms with Crippen molar-refractivity contribution in [3.8, 4) is 0 Å². The summed E-state index contributed by atoms with van der Waals surface area (Å²) in [7, 11) is 0. The first-order chi connectivity index (χ1) is 11.1. The SMILES string of the molecule is O=C(O)NCCCCN1C(=O)CN(Cc2ccccc2)CC1=O. The van der Waals surface area contributed by atoms with E-state index >= 15 is 0 Å². The van der Waals surface area contributed by atoms with Gasteiger partial charge in [0.25, 0.3) is 0 Å². The third-order valence-electron chi connectivity index (χ3n) is 3.65. The number of piperazine rings is 1. The lowest BCUT2D eigenvalue weighted by Gasteiger charge is -2.32. The first-order valence-corrected chi connectivity index (χ1v) is 7.62. The van der Waals surface area contributed by atoms with Gasteiger partial charge in [-0.25, -0.2) is 4.79 Å². The largest absolute Gasteiger partial charge is 0.465 e. The van der Waals surface area contributed by atoms with Crippen molar-refractivity contribution in [2.45, 2.75) is 19.4 Å². The van der Waals surface area contributed by atoms with Crippen LogP contribution in [0.3, 0.4) is 0 Å². The molecule has 1 fully saturated rings. The third-order valence-corrected chi connectivity index (χ3v) is 3.65. The van der Waals surface area contributed by atoms with Crippen molar-refractivity contribution >= 4 is 17.9 Å². The van der Waals surface area contributed by atoms with Gasteiger partial charge < -0.3 is 10.4 Å². The zero-order valence-corrected chi connectivity index (χ0v) is 12.9. The second kappa shape index (κ2) is 8.28. The van der Waals surface area contributed by atoms with E-state index in [0.717, 1.165) is 5.56 Å². The van der Waals surface area contributed by atoms with Crippen LogP contribution in [0.2, 0.25) is 0 Å². The number of nitrogens with zero attached hydrogens (tertiary/aromatic N) is 2. The molecule has 0 aromatic heterocycles. The van der Waals surface area contributed by atoms with E-state index in [4.69, 9.17) is 5.11 Å². The molecule has 0 spiro atoms. The van der Waals surface area contributed by atoms with Gasteiger partial charge in [0.2, 0.25) is 11.8 Å². The first-order valence-electron chi connectivity index (χ1n) is 7.62. The van der Waals surface area contributed by atoms with Gasteiger partial charge in [-0.1, -0.05) is 30.3 Å². The second-order valence-electron chi connectivity index (χ2n) is 5.51. The van der Waals surface area contributed by atoms with Crippen LogP contribution in [0.15, 0.2) is 30.3 Å². The second-order valence-corrected chi connectivity index (χ2v) is 5.51. The molecule has 1 aromatic carbocycles. The lowest BCUT2D eigenvalue weighted by Crippen LogP contribution is -2.53. The van der Waals surface area contributed by atoms with E-state index in [0.29, 0.717) is 32.5 Å². The molecule has 2 N–H and O–H groups in total. The molecule has 0 saturated carbocycles. The minimum atomic E-state index is -1.06. The summed E-state index contributed by atoms with van der Waals surface area (Å²) in [6, 6.07) is 9.73. The lowest BCUT2D eigenvalue weighted by atomic mass is 10.2. The smallest absolute Gasteiger partial charge is 0.404 e. The summed E-state index contributed by atoms with van der Waals surface area (Å²) < 4.78 is 0. The number of benzene rings is 1. The highest BCUT2D eigenvalue weighted by atomic mass is 16.4. The van der Waals surface area contributed by atoms with E-state index in [1.807, 2.05) is 35.2 Å². The Bertz CT molecular complexity index is 544. The standard InChI is InChI=1S/C16H21N3O4/c20-14-11-18(10-13-6-2-1-3-7-13)12-15(21)19(14)9-5-4-8-17-16(22)23/h1-3,6-7,17H,4-5,8-12H2,(H,22,23). The molecule has 1 heterocycles. The number of hydrogen-bond acceptors (Lipinski definition) is 4. The van der Waals surface area contributed by atoms with Gasteiger partial charge in [-0.2, -0.15) is 0 Å². The van der Waals surface area contributed by atoms with Gasteiger partial charge in [0, 0.05) is 19.6 Å². The van der Waals surface area contributed by atoms with Crippen molar-refractivity contribution < 1.29 is 19.5 Å². The van der Waals surface area contributed by atoms with Crippen LogP contribution in [-0.4, -0.2) is 59.0 Å². The number of unbranched alkanes of at least 4 members (excludes halogenated alkanes) is 1. The highest BCUT2D eigenvalue weighted by Crippen LogP contribution is 2.11. The van der Waals surface area contributed by atoms with Crippen LogP contribution < -0.4 is 5.32 Å². The Hall–Kier alpha value is -2.41. The number of amides is 3. The molecule has 0 atom stereocenters. The van der Waals surface area contributed by atoms with E-state index in [-0.39, 0.29) is 24.9 Å². The van der Waals surface area contributed by atoms with Gasteiger partial charge in [-0.05, 0) is 18.4 Å². The van der Waals surface area contributed by atoms with Crippen molar-refractivity contribution in [3.05, 3.63) is 35.9 Å². The molecule has 23 heavy (non-hydrogen) atoms. The average molecular weight is 319 g/mol. The van der Waals surface area contributed by atoms with E-state index in [2.05, 4.69) is 5.32 Å². The monoisotopic (exact) mass is 319 g/mol. The summed E-state index contributed by atoms with van der Waals surface area (Å²) in [6.07, 6.45) is 0.125. The van der Waals surface area contributed by atoms with E-state index in [9.17, 15) is 14.4 Å². The van der Waals surface area contributed by atoms with E-state index < -0.39 is 6.09 Å². The van der Waals surface area contributed by atoms with Crippen LogP contribution in [0, 0.1) is 0 Å². The minimum absolute atomic E-state index is 0.191. The van der Waals surface area contributed by atoms with Crippen molar-refractivity contribution in [1.82, 2.24) is 15.1 Å². The fourth-order valence-electron chi connectivity index (χ4n) is 2.54. The highest BCUT2D eigenvalue weighted by molar-refractivity contribution is 5.99. The molecular formula is C16H21N3O4. The number of imide groups is 1. The van der Waals surface area contributed by atoms with Crippen LogP contribution >= 0.6 is 0 Å². The molecule has 1 aromatic rings. The number of carbonyl (C=O) groups excluding carboxylic acids is 2. The molecule has 0 bridgehead atoms. The molecule has 0 radical (unpaired) electrons. The average Bonchev–Trinajstić information content (AvgIpc) is 2.50. The molecule has 0 aliphatic carbocycles. The fraction of sp³-hybridized carbons (Fsp3) is 0.438. The fourth-order valence-corrected chi connectivity index (χ4v) is 2.54. The summed E-state index contributed by atoms with van der Waals surface area (Å²) in [5.74, 6) is -0.383. The summed E-state index contributed by atoms with van der Waals surface area (Å²) in [5.41, 5.74) is 1.07. The summed E-state index contributed by atoms with van der Waals surface area (Å²) in [5, 5.41) is 10.7. The van der Waals surface area contributed by atoms with Gasteiger partial charge in [0.1, 0.15) is 0 Å². The Balaban J connectivity index is 1.77. The van der Waals surface area contributed by atoms with Gasteiger partial charge in [-0.15, -0.1) is 0 Å². The van der Waals surface area contributed by atoms with Crippen molar-refractivity contribution in [3.63, 3.8) is 0 Å². The van der Waals surface area contributed by atoms with Crippen LogP contribution in [-0.2, 0) is 16.1 Å². The Morgan fingerprint density at radius 1 is 1.09 bits per heavy atom. The molecule has 124 valence electrons. The number of rotatable bonds is 7. The predicted molar refractivity (Wildman–Crippen MR) is 83.7 cm³/mol. The van der Waals surface area contributed by atoms with Gasteiger partial charge in [-0.3, -0.25) is 19.4 Å². The van der Waals surface area contributed by atoms with E-state index in [1.54, 1.807) is 0 Å². The predicted octanol–water partition coefficient (Wildman–Crippen LogP) is 0.905. The van der Waals surface area contributed by atoms with Gasteiger partial charge >= 0.3 is 6.09 Å². The lowest BCUT2D eigenvalue weighted by molar-refractivity contribution is -0.151. The van der Waals surface area contributed by atoms with Crippen LogP contribution in [0.4, 0.5) is 4.79 Å². The zero-order valence-electron chi connectivity index (χ0n) is 12.9. The summed E-state index contributed by atoms with van der Waals surface area (Å²) in [4.78, 5) is 37.7. The molecule has 0 unspecified atom stereocenters. The van der Waals surface area contributed by atoms with Crippen LogP contribution in [0.1, 0.15) is 18.4 Å². The third kappa shape index (κ3) is 5.37. The summed E-state index contributed by atoms with van der Waals surface area (Å²) >= 11 is 0. The molecule has 1 saturated heterocycles. The maximum atomic E-state index is 12.1. The maximum Gasteiger partial charge on any atom is 0.404 e. The molecular weight excluding hydrogens is 298 g/mol. The van der Waals surface area contributed by atoms with Gasteiger partial charge in [0.05, 0.1) is 13.1 Å². The molecule has 7 nitrogen and oxygen atoms in total. The number of carboxylic acid groups (broad SMARTS) is 1. The highest BCUT2D eigenvalue weighted by Gasteiger charge is 2.30. The number of carbonyl (C=O) groups is 3. The first kappa shape index (κ1) is 17.0.